The Morgan fingerprint density at radius 2 is 2.00 bits per heavy atom. The summed E-state index contributed by atoms with van der Waals surface area (Å²) >= 11 is 0. The van der Waals surface area contributed by atoms with Gasteiger partial charge in [0.25, 0.3) is 0 Å². The fourth-order valence-electron chi connectivity index (χ4n) is 1.33. The van der Waals surface area contributed by atoms with E-state index in [9.17, 15) is 13.6 Å². The number of halogens is 2. The number of carbonyl (C=O) groups is 1. The Balaban J connectivity index is 3.19. The van der Waals surface area contributed by atoms with Crippen LogP contribution in [0.1, 0.15) is 25.3 Å². The van der Waals surface area contributed by atoms with Crippen molar-refractivity contribution < 1.29 is 18.3 Å². The molecule has 1 aromatic carbocycles. The molecule has 0 unspecified atom stereocenters. The number of rotatable bonds is 2. The first-order valence-electron chi connectivity index (χ1n) is 4.79. The van der Waals surface area contributed by atoms with Crippen molar-refractivity contribution in [2.45, 2.75) is 19.8 Å². The maximum Gasteiger partial charge on any atom is 0.411 e. The number of methoxy groups -OCH3 is 1. The Morgan fingerprint density at radius 1 is 1.38 bits per heavy atom. The predicted octanol–water partition coefficient (Wildman–Crippen LogP) is 3.27. The van der Waals surface area contributed by atoms with E-state index in [0.717, 1.165) is 6.07 Å². The van der Waals surface area contributed by atoms with Crippen LogP contribution in [-0.4, -0.2) is 13.2 Å². The molecule has 0 saturated carbocycles. The summed E-state index contributed by atoms with van der Waals surface area (Å²) in [5.74, 6) is -1.59. The molecular formula is C11H13F2NO2. The van der Waals surface area contributed by atoms with Gasteiger partial charge in [0.05, 0.1) is 12.8 Å². The van der Waals surface area contributed by atoms with Crippen LogP contribution in [0.15, 0.2) is 12.1 Å². The van der Waals surface area contributed by atoms with E-state index >= 15 is 0 Å². The van der Waals surface area contributed by atoms with Gasteiger partial charge in [0.2, 0.25) is 0 Å². The Bertz CT molecular complexity index is 405. The number of benzene rings is 1. The first-order valence-corrected chi connectivity index (χ1v) is 4.79. The fraction of sp³-hybridized carbons (Fsp3) is 0.364. The third-order valence-corrected chi connectivity index (χ3v) is 2.12. The van der Waals surface area contributed by atoms with Gasteiger partial charge in [-0.05, 0) is 17.5 Å². The zero-order chi connectivity index (χ0) is 12.3. The van der Waals surface area contributed by atoms with Gasteiger partial charge in [-0.1, -0.05) is 13.8 Å². The second-order valence-corrected chi connectivity index (χ2v) is 3.62. The summed E-state index contributed by atoms with van der Waals surface area (Å²) in [4.78, 5) is 11.0. The highest BCUT2D eigenvalue weighted by Gasteiger charge is 2.16. The van der Waals surface area contributed by atoms with E-state index in [2.05, 4.69) is 10.1 Å². The van der Waals surface area contributed by atoms with Crippen LogP contribution in [0.5, 0.6) is 0 Å². The Labute approximate surface area is 92.4 Å². The molecule has 0 atom stereocenters. The first kappa shape index (κ1) is 12.4. The summed E-state index contributed by atoms with van der Waals surface area (Å²) in [6.45, 7) is 3.55. The van der Waals surface area contributed by atoms with Crippen LogP contribution in [0.2, 0.25) is 0 Å². The van der Waals surface area contributed by atoms with Crippen LogP contribution in [0, 0.1) is 11.6 Å². The summed E-state index contributed by atoms with van der Waals surface area (Å²) in [6.07, 6.45) is -0.785. The van der Waals surface area contributed by atoms with Crippen molar-refractivity contribution in [3.63, 3.8) is 0 Å². The SMILES string of the molecule is COC(=O)Nc1c(F)cc(F)cc1C(C)C. The predicted molar refractivity (Wildman–Crippen MR) is 56.5 cm³/mol. The summed E-state index contributed by atoms with van der Waals surface area (Å²) in [5.41, 5.74) is 0.353. The first-order chi connectivity index (χ1) is 7.45. The maximum absolute atomic E-state index is 13.5. The lowest BCUT2D eigenvalue weighted by Gasteiger charge is -2.14. The van der Waals surface area contributed by atoms with Crippen LogP contribution in [0.3, 0.4) is 0 Å². The average Bonchev–Trinajstić information content (AvgIpc) is 2.20. The van der Waals surface area contributed by atoms with Crippen molar-refractivity contribution in [1.29, 1.82) is 0 Å². The standard InChI is InChI=1S/C11H13F2NO2/c1-6(2)8-4-7(12)5-9(13)10(8)14-11(15)16-3/h4-6H,1-3H3,(H,14,15). The molecule has 0 bridgehead atoms. The fourth-order valence-corrected chi connectivity index (χ4v) is 1.33. The molecule has 0 aliphatic rings. The number of hydrogen-bond donors (Lipinski definition) is 1. The van der Waals surface area contributed by atoms with Gasteiger partial charge in [0.1, 0.15) is 11.6 Å². The van der Waals surface area contributed by atoms with Crippen LogP contribution >= 0.6 is 0 Å². The van der Waals surface area contributed by atoms with Gasteiger partial charge in [-0.25, -0.2) is 13.6 Å². The van der Waals surface area contributed by atoms with E-state index in [1.54, 1.807) is 13.8 Å². The van der Waals surface area contributed by atoms with E-state index < -0.39 is 17.7 Å². The molecule has 88 valence electrons. The van der Waals surface area contributed by atoms with Crippen molar-refractivity contribution in [2.24, 2.45) is 0 Å². The minimum atomic E-state index is -0.811. The lowest BCUT2D eigenvalue weighted by atomic mass is 10.0. The van der Waals surface area contributed by atoms with Crippen molar-refractivity contribution in [3.05, 3.63) is 29.3 Å². The van der Waals surface area contributed by atoms with E-state index in [4.69, 9.17) is 0 Å². The van der Waals surface area contributed by atoms with Crippen molar-refractivity contribution >= 4 is 11.8 Å². The monoisotopic (exact) mass is 229 g/mol. The summed E-state index contributed by atoms with van der Waals surface area (Å²) < 4.78 is 30.8. The second kappa shape index (κ2) is 4.92. The Morgan fingerprint density at radius 3 is 2.50 bits per heavy atom. The molecule has 1 aromatic rings. The van der Waals surface area contributed by atoms with Gasteiger partial charge in [-0.2, -0.15) is 0 Å². The normalized spacial score (nSPS) is 10.4. The number of nitrogens with one attached hydrogen (secondary N) is 1. The van der Waals surface area contributed by atoms with Crippen molar-refractivity contribution in [3.8, 4) is 0 Å². The van der Waals surface area contributed by atoms with Crippen LogP contribution in [0.4, 0.5) is 19.3 Å². The molecule has 0 heterocycles. The smallest absolute Gasteiger partial charge is 0.411 e. The van der Waals surface area contributed by atoms with Crippen molar-refractivity contribution in [1.82, 2.24) is 0 Å². The molecule has 0 aliphatic heterocycles. The topological polar surface area (TPSA) is 38.3 Å². The van der Waals surface area contributed by atoms with Gasteiger partial charge >= 0.3 is 6.09 Å². The van der Waals surface area contributed by atoms with Gasteiger partial charge in [-0.15, -0.1) is 0 Å². The van der Waals surface area contributed by atoms with Gasteiger partial charge in [0, 0.05) is 6.07 Å². The summed E-state index contributed by atoms with van der Waals surface area (Å²) in [7, 11) is 1.17. The largest absolute Gasteiger partial charge is 0.453 e. The molecular weight excluding hydrogens is 216 g/mol. The minimum Gasteiger partial charge on any atom is -0.453 e. The zero-order valence-electron chi connectivity index (χ0n) is 9.30. The second-order valence-electron chi connectivity index (χ2n) is 3.62. The summed E-state index contributed by atoms with van der Waals surface area (Å²) in [5, 5.41) is 2.23. The quantitative estimate of drug-likeness (QED) is 0.845. The molecule has 16 heavy (non-hydrogen) atoms. The number of anilines is 1. The third-order valence-electron chi connectivity index (χ3n) is 2.12. The molecule has 1 amide bonds. The van der Waals surface area contributed by atoms with Crippen molar-refractivity contribution in [2.75, 3.05) is 12.4 Å². The van der Waals surface area contributed by atoms with Gasteiger partial charge in [0.15, 0.2) is 0 Å². The molecule has 0 fully saturated rings. The van der Waals surface area contributed by atoms with Gasteiger partial charge in [-0.3, -0.25) is 5.32 Å². The van der Waals surface area contributed by atoms with E-state index in [1.807, 2.05) is 0 Å². The maximum atomic E-state index is 13.5. The highest BCUT2D eigenvalue weighted by Crippen LogP contribution is 2.28. The van der Waals surface area contributed by atoms with E-state index in [1.165, 1.54) is 13.2 Å². The lowest BCUT2D eigenvalue weighted by Crippen LogP contribution is -2.14. The number of hydrogen-bond acceptors (Lipinski definition) is 2. The van der Waals surface area contributed by atoms with Gasteiger partial charge < -0.3 is 4.74 Å². The third kappa shape index (κ3) is 2.68. The number of carbonyl (C=O) groups excluding carboxylic acids is 1. The Kier molecular flexibility index (Phi) is 3.82. The lowest BCUT2D eigenvalue weighted by molar-refractivity contribution is 0.186. The van der Waals surface area contributed by atoms with Crippen LogP contribution < -0.4 is 5.32 Å². The number of amides is 1. The number of ether oxygens (including phenoxy) is 1. The highest BCUT2D eigenvalue weighted by molar-refractivity contribution is 5.85. The molecule has 0 saturated heterocycles. The molecule has 0 aromatic heterocycles. The molecule has 0 aliphatic carbocycles. The van der Waals surface area contributed by atoms with Crippen LogP contribution in [0.25, 0.3) is 0 Å². The molecule has 5 heteroatoms. The Hall–Kier alpha value is -1.65. The van der Waals surface area contributed by atoms with E-state index in [-0.39, 0.29) is 11.6 Å². The molecule has 1 rings (SSSR count). The highest BCUT2D eigenvalue weighted by atomic mass is 19.1. The molecule has 1 N–H and O–H groups in total. The zero-order valence-corrected chi connectivity index (χ0v) is 9.30. The van der Waals surface area contributed by atoms with E-state index in [0.29, 0.717) is 5.56 Å². The average molecular weight is 229 g/mol. The molecule has 0 radical (unpaired) electrons. The minimum absolute atomic E-state index is 0.0387. The van der Waals surface area contributed by atoms with Crippen LogP contribution in [-0.2, 0) is 4.74 Å². The summed E-state index contributed by atoms with van der Waals surface area (Å²) in [6, 6.07) is 1.91. The molecule has 0 spiro atoms. The molecule has 3 nitrogen and oxygen atoms in total.